The lowest BCUT2D eigenvalue weighted by Crippen LogP contribution is -2.45. The van der Waals surface area contributed by atoms with Crippen molar-refractivity contribution >= 4 is 27.3 Å². The number of nitrogens with one attached hydrogen (secondary N) is 4. The van der Waals surface area contributed by atoms with E-state index in [1.165, 1.54) is 24.3 Å². The van der Waals surface area contributed by atoms with Crippen LogP contribution in [0.3, 0.4) is 0 Å². The molecule has 2 aromatic rings. The van der Waals surface area contributed by atoms with Gasteiger partial charge in [-0.15, -0.1) is 0 Å². The molecule has 1 aliphatic rings. The summed E-state index contributed by atoms with van der Waals surface area (Å²) >= 11 is 0. The van der Waals surface area contributed by atoms with Gasteiger partial charge in [0.25, 0.3) is 10.0 Å². The molecular formula is C17H19FN4O3S. The van der Waals surface area contributed by atoms with Crippen LogP contribution in [0.25, 0.3) is 0 Å². The van der Waals surface area contributed by atoms with E-state index in [1.54, 1.807) is 24.3 Å². The van der Waals surface area contributed by atoms with Crippen LogP contribution in [0.15, 0.2) is 48.5 Å². The van der Waals surface area contributed by atoms with Crippen molar-refractivity contribution in [2.24, 2.45) is 5.92 Å². The molecule has 0 spiro atoms. The molecule has 0 bridgehead atoms. The number of sulfonamides is 1. The Balaban J connectivity index is 1.72. The molecule has 1 amide bonds. The largest absolute Gasteiger partial charge is 0.326 e. The lowest BCUT2D eigenvalue weighted by atomic mass is 10.1. The van der Waals surface area contributed by atoms with Crippen LogP contribution in [0.5, 0.6) is 0 Å². The highest BCUT2D eigenvalue weighted by Gasteiger charge is 2.41. The smallest absolute Gasteiger partial charge is 0.250 e. The molecule has 0 radical (unpaired) electrons. The molecule has 7 nitrogen and oxygen atoms in total. The molecule has 1 heterocycles. The Kier molecular flexibility index (Phi) is 5.21. The zero-order valence-electron chi connectivity index (χ0n) is 14.0. The second-order valence-electron chi connectivity index (χ2n) is 6.06. The molecule has 2 aromatic carbocycles. The highest BCUT2D eigenvalue weighted by Crippen LogP contribution is 2.20. The number of hydrazine groups is 1. The Morgan fingerprint density at radius 3 is 2.35 bits per heavy atom. The first-order valence-corrected chi connectivity index (χ1v) is 9.53. The molecular weight excluding hydrogens is 359 g/mol. The highest BCUT2D eigenvalue weighted by molar-refractivity contribution is 7.93. The van der Waals surface area contributed by atoms with Gasteiger partial charge in [-0.25, -0.2) is 18.2 Å². The molecule has 2 atom stereocenters. The zero-order valence-corrected chi connectivity index (χ0v) is 14.8. The minimum Gasteiger partial charge on any atom is -0.326 e. The van der Waals surface area contributed by atoms with Gasteiger partial charge in [0.2, 0.25) is 5.91 Å². The number of carbonyl (C=O) groups is 1. The molecule has 138 valence electrons. The second-order valence-corrected chi connectivity index (χ2v) is 7.86. The predicted molar refractivity (Wildman–Crippen MR) is 97.2 cm³/mol. The summed E-state index contributed by atoms with van der Waals surface area (Å²) < 4.78 is 40.8. The number of anilines is 2. The van der Waals surface area contributed by atoms with Gasteiger partial charge in [0.05, 0.1) is 5.92 Å². The van der Waals surface area contributed by atoms with Crippen molar-refractivity contribution in [3.05, 3.63) is 59.9 Å². The number of benzene rings is 2. The molecule has 2 unspecified atom stereocenters. The van der Waals surface area contributed by atoms with Crippen LogP contribution < -0.4 is 20.9 Å². The van der Waals surface area contributed by atoms with Crippen LogP contribution in [-0.4, -0.2) is 26.2 Å². The Morgan fingerprint density at radius 2 is 1.69 bits per heavy atom. The van der Waals surface area contributed by atoms with Crippen molar-refractivity contribution < 1.29 is 17.6 Å². The number of amides is 1. The monoisotopic (exact) mass is 378 g/mol. The molecule has 0 saturated carbocycles. The Bertz CT molecular complexity index is 885. The van der Waals surface area contributed by atoms with Crippen molar-refractivity contribution in [2.75, 3.05) is 16.6 Å². The molecule has 26 heavy (non-hydrogen) atoms. The van der Waals surface area contributed by atoms with Gasteiger partial charge in [0, 0.05) is 17.9 Å². The van der Waals surface area contributed by atoms with Crippen LogP contribution in [-0.2, 0) is 14.8 Å². The van der Waals surface area contributed by atoms with E-state index in [0.29, 0.717) is 11.4 Å². The zero-order chi connectivity index (χ0) is 18.7. The summed E-state index contributed by atoms with van der Waals surface area (Å²) in [5.74, 6) is -1.76. The van der Waals surface area contributed by atoms with Gasteiger partial charge in [-0.3, -0.25) is 14.9 Å². The second kappa shape index (κ2) is 7.40. The Morgan fingerprint density at radius 1 is 1.08 bits per heavy atom. The van der Waals surface area contributed by atoms with Gasteiger partial charge < -0.3 is 5.32 Å². The van der Waals surface area contributed by atoms with E-state index in [-0.39, 0.29) is 6.54 Å². The molecule has 0 aromatic heterocycles. The van der Waals surface area contributed by atoms with Crippen LogP contribution in [0, 0.1) is 18.7 Å². The maximum atomic E-state index is 13.0. The van der Waals surface area contributed by atoms with Gasteiger partial charge in [0.1, 0.15) is 5.82 Å². The van der Waals surface area contributed by atoms with E-state index in [1.807, 2.05) is 6.92 Å². The van der Waals surface area contributed by atoms with E-state index in [0.717, 1.165) is 5.56 Å². The minimum absolute atomic E-state index is 0.145. The summed E-state index contributed by atoms with van der Waals surface area (Å²) in [6.45, 7) is 2.04. The number of rotatable bonds is 5. The van der Waals surface area contributed by atoms with Crippen LogP contribution in [0.2, 0.25) is 0 Å². The third kappa shape index (κ3) is 4.18. The molecule has 9 heteroatoms. The number of aryl methyl sites for hydroxylation is 1. The van der Waals surface area contributed by atoms with Crippen LogP contribution in [0.4, 0.5) is 15.8 Å². The van der Waals surface area contributed by atoms with Crippen molar-refractivity contribution in [1.29, 1.82) is 0 Å². The summed E-state index contributed by atoms with van der Waals surface area (Å²) in [6.07, 6.45) is 0. The Labute approximate surface area is 151 Å². The number of halogens is 1. The molecule has 4 N–H and O–H groups in total. The first-order chi connectivity index (χ1) is 12.3. The molecule has 1 aliphatic heterocycles. The lowest BCUT2D eigenvalue weighted by Gasteiger charge is -2.19. The average Bonchev–Trinajstić information content (AvgIpc) is 3.10. The van der Waals surface area contributed by atoms with Gasteiger partial charge in [-0.1, -0.05) is 17.7 Å². The molecule has 0 aliphatic carbocycles. The molecule has 1 fully saturated rings. The topological polar surface area (TPSA) is 99.3 Å². The van der Waals surface area contributed by atoms with Gasteiger partial charge in [-0.05, 0) is 43.3 Å². The van der Waals surface area contributed by atoms with Crippen LogP contribution >= 0.6 is 0 Å². The van der Waals surface area contributed by atoms with Crippen molar-refractivity contribution in [3.8, 4) is 0 Å². The predicted octanol–water partition coefficient (Wildman–Crippen LogP) is 1.56. The number of hydrogen-bond acceptors (Lipinski definition) is 5. The van der Waals surface area contributed by atoms with E-state index >= 15 is 0 Å². The van der Waals surface area contributed by atoms with E-state index < -0.39 is 33.0 Å². The third-order valence-electron chi connectivity index (χ3n) is 4.03. The van der Waals surface area contributed by atoms with E-state index in [9.17, 15) is 17.6 Å². The van der Waals surface area contributed by atoms with E-state index in [4.69, 9.17) is 0 Å². The summed E-state index contributed by atoms with van der Waals surface area (Å²) in [5, 5.41) is 1.46. The molecule has 1 saturated heterocycles. The minimum atomic E-state index is -3.86. The number of carbonyl (C=O) groups excluding carboxylic acids is 1. The molecule has 3 rings (SSSR count). The maximum Gasteiger partial charge on any atom is 0.250 e. The third-order valence-corrected chi connectivity index (χ3v) is 5.66. The van der Waals surface area contributed by atoms with Gasteiger partial charge in [-0.2, -0.15) is 0 Å². The fraction of sp³-hybridized carbons (Fsp3) is 0.235. The van der Waals surface area contributed by atoms with Crippen molar-refractivity contribution in [1.82, 2.24) is 10.9 Å². The normalized spacial score (nSPS) is 19.9. The summed E-state index contributed by atoms with van der Waals surface area (Å²) in [6, 6.07) is 12.1. The quantitative estimate of drug-likeness (QED) is 0.633. The van der Waals surface area contributed by atoms with E-state index in [2.05, 4.69) is 20.9 Å². The number of hydrogen-bond donors (Lipinski definition) is 4. The fourth-order valence-corrected chi connectivity index (χ4v) is 4.10. The lowest BCUT2D eigenvalue weighted by molar-refractivity contribution is -0.119. The maximum absolute atomic E-state index is 13.0. The summed E-state index contributed by atoms with van der Waals surface area (Å²) in [5.41, 5.74) is 7.16. The first kappa shape index (κ1) is 18.3. The SMILES string of the molecule is Cc1ccc(NS(=O)(=O)C2NNCC2C(=O)Nc2ccc(F)cc2)cc1. The standard InChI is InChI=1S/C17H19FN4O3S/c1-11-2-6-14(7-3-11)22-26(24,25)17-15(10-19-21-17)16(23)20-13-8-4-12(18)5-9-13/h2-9,15,17,19,21-22H,10H2,1H3,(H,20,23). The summed E-state index contributed by atoms with van der Waals surface area (Å²) in [7, 11) is -3.86. The van der Waals surface area contributed by atoms with Crippen molar-refractivity contribution in [3.63, 3.8) is 0 Å². The Hall–Kier alpha value is -2.49. The fourth-order valence-electron chi connectivity index (χ4n) is 2.62. The highest BCUT2D eigenvalue weighted by atomic mass is 32.2. The average molecular weight is 378 g/mol. The first-order valence-electron chi connectivity index (χ1n) is 7.98. The van der Waals surface area contributed by atoms with Gasteiger partial charge in [0.15, 0.2) is 5.37 Å². The van der Waals surface area contributed by atoms with Gasteiger partial charge >= 0.3 is 0 Å². The van der Waals surface area contributed by atoms with Crippen LogP contribution in [0.1, 0.15) is 5.56 Å². The summed E-state index contributed by atoms with van der Waals surface area (Å²) in [4.78, 5) is 12.5. The van der Waals surface area contributed by atoms with Crippen molar-refractivity contribution in [2.45, 2.75) is 12.3 Å².